The van der Waals surface area contributed by atoms with Gasteiger partial charge in [-0.15, -0.1) is 0 Å². The van der Waals surface area contributed by atoms with Gasteiger partial charge in [-0.05, 0) is 73.4 Å². The number of nitrogens with two attached hydrogens (primary N) is 1. The fraction of sp³-hybridized carbons (Fsp3) is 0.414. The minimum Gasteiger partial charge on any atom is -0.382 e. The van der Waals surface area contributed by atoms with Crippen LogP contribution in [0.1, 0.15) is 73.7 Å². The topological polar surface area (TPSA) is 106 Å². The first-order valence-corrected chi connectivity index (χ1v) is 12.9. The maximum absolute atomic E-state index is 14.3. The van der Waals surface area contributed by atoms with Crippen LogP contribution in [0.25, 0.3) is 22.0 Å². The van der Waals surface area contributed by atoms with Crippen molar-refractivity contribution in [3.63, 3.8) is 0 Å². The lowest BCUT2D eigenvalue weighted by molar-refractivity contribution is -0.119. The molecule has 4 N–H and O–H groups in total. The Bertz CT molecular complexity index is 1420. The van der Waals surface area contributed by atoms with E-state index in [-0.39, 0.29) is 29.3 Å². The normalized spacial score (nSPS) is 20.9. The summed E-state index contributed by atoms with van der Waals surface area (Å²) in [5.74, 6) is -0.984. The van der Waals surface area contributed by atoms with E-state index in [4.69, 9.17) is 5.73 Å². The van der Waals surface area contributed by atoms with E-state index >= 15 is 0 Å². The Labute approximate surface area is 215 Å². The first-order valence-electron chi connectivity index (χ1n) is 12.9. The van der Waals surface area contributed by atoms with Gasteiger partial charge in [0.15, 0.2) is 0 Å². The summed E-state index contributed by atoms with van der Waals surface area (Å²) in [4.78, 5) is 36.9. The molecule has 0 atom stereocenters. The summed E-state index contributed by atoms with van der Waals surface area (Å²) in [5.41, 5.74) is 9.68. The number of carbonyl (C=O) groups is 3. The summed E-state index contributed by atoms with van der Waals surface area (Å²) in [7, 11) is 0. The number of hydrogen-bond donors (Lipinski definition) is 3. The number of carbonyl (C=O) groups excluding carboxylic acids is 3. The van der Waals surface area contributed by atoms with E-state index in [1.807, 2.05) is 12.1 Å². The molecule has 7 nitrogen and oxygen atoms in total. The summed E-state index contributed by atoms with van der Waals surface area (Å²) in [6, 6.07) is 10.4. The molecule has 0 spiro atoms. The average molecular weight is 505 g/mol. The van der Waals surface area contributed by atoms with Gasteiger partial charge < -0.3 is 16.4 Å². The van der Waals surface area contributed by atoms with Crippen molar-refractivity contribution >= 4 is 34.3 Å². The van der Waals surface area contributed by atoms with Crippen LogP contribution >= 0.6 is 0 Å². The molecule has 2 amide bonds. The molecule has 2 aromatic carbocycles. The molecule has 0 saturated heterocycles. The molecule has 194 valence electrons. The molecule has 1 aliphatic heterocycles. The number of fused-ring (bicyclic) bond motifs is 3. The zero-order valence-electron chi connectivity index (χ0n) is 21.5. The van der Waals surface area contributed by atoms with Gasteiger partial charge in [0, 0.05) is 47.8 Å². The van der Waals surface area contributed by atoms with E-state index in [2.05, 4.69) is 24.5 Å². The second-order valence-corrected chi connectivity index (χ2v) is 11.2. The van der Waals surface area contributed by atoms with Crippen molar-refractivity contribution in [1.82, 2.24) is 9.88 Å². The zero-order valence-corrected chi connectivity index (χ0v) is 21.5. The Kier molecular flexibility index (Phi) is 6.30. The highest BCUT2D eigenvalue weighted by atomic mass is 19.1. The largest absolute Gasteiger partial charge is 0.382 e. The van der Waals surface area contributed by atoms with Crippen LogP contribution in [0.5, 0.6) is 0 Å². The number of benzene rings is 2. The number of amides is 2. The monoisotopic (exact) mass is 504 g/mol. The van der Waals surface area contributed by atoms with Crippen molar-refractivity contribution in [2.75, 3.05) is 5.32 Å². The molecule has 2 heterocycles. The Morgan fingerprint density at radius 3 is 2.41 bits per heavy atom. The molecule has 0 unspecified atom stereocenters. The van der Waals surface area contributed by atoms with Gasteiger partial charge in [0.05, 0.1) is 11.1 Å². The van der Waals surface area contributed by atoms with Gasteiger partial charge in [-0.25, -0.2) is 4.39 Å². The second kappa shape index (κ2) is 9.32. The summed E-state index contributed by atoms with van der Waals surface area (Å²) < 4.78 is 15.9. The van der Waals surface area contributed by atoms with Gasteiger partial charge in [0.2, 0.25) is 11.8 Å². The average Bonchev–Trinajstić information content (AvgIpc) is 3.12. The quantitative estimate of drug-likeness (QED) is 0.454. The minimum absolute atomic E-state index is 0.0233. The second-order valence-electron chi connectivity index (χ2n) is 11.2. The van der Waals surface area contributed by atoms with Gasteiger partial charge in [-0.3, -0.25) is 19.0 Å². The highest BCUT2D eigenvalue weighted by Gasteiger charge is 2.35. The number of rotatable bonds is 5. The highest BCUT2D eigenvalue weighted by molar-refractivity contribution is 6.06. The molecule has 0 radical (unpaired) electrons. The summed E-state index contributed by atoms with van der Waals surface area (Å²) in [6.45, 7) is 5.66. The number of primary amides is 1. The SMILES string of the molecule is CC(=O)NC1CCC(Nc2cc(-c3c4n(c5cc(F)ccc35)C(=O)CC(C)(C)C4)ccc2C(N)=O)CC1. The van der Waals surface area contributed by atoms with Crippen LogP contribution in [0, 0.1) is 11.2 Å². The van der Waals surface area contributed by atoms with Crippen molar-refractivity contribution < 1.29 is 18.8 Å². The fourth-order valence-corrected chi connectivity index (χ4v) is 6.02. The van der Waals surface area contributed by atoms with E-state index in [1.165, 1.54) is 19.1 Å². The number of anilines is 1. The first kappa shape index (κ1) is 25.0. The lowest BCUT2D eigenvalue weighted by Crippen LogP contribution is -2.39. The standard InChI is InChI=1S/C29H33FN4O3/c1-16(35)32-19-6-8-20(9-7-19)33-23-12-17(4-10-21(23)28(31)37)27-22-11-5-18(30)13-24(22)34-25(27)14-29(2,3)15-26(34)36/h4-5,10-13,19-20,33H,6-9,14-15H2,1-3H3,(H2,31,37)(H,32,35). The Hall–Kier alpha value is -3.68. The predicted molar refractivity (Wildman–Crippen MR) is 142 cm³/mol. The van der Waals surface area contributed by atoms with Crippen LogP contribution in [0.3, 0.4) is 0 Å². The molecule has 1 aromatic heterocycles. The Morgan fingerprint density at radius 1 is 1.03 bits per heavy atom. The van der Waals surface area contributed by atoms with E-state index in [0.717, 1.165) is 47.9 Å². The van der Waals surface area contributed by atoms with Gasteiger partial charge in [0.1, 0.15) is 5.82 Å². The number of nitrogens with one attached hydrogen (secondary N) is 2. The maximum atomic E-state index is 14.3. The third-order valence-electron chi connectivity index (χ3n) is 7.62. The molecular formula is C29H33FN4O3. The smallest absolute Gasteiger partial charge is 0.250 e. The van der Waals surface area contributed by atoms with Gasteiger partial charge >= 0.3 is 0 Å². The lowest BCUT2D eigenvalue weighted by Gasteiger charge is -2.31. The van der Waals surface area contributed by atoms with Gasteiger partial charge in [-0.2, -0.15) is 0 Å². The van der Waals surface area contributed by atoms with E-state index in [0.29, 0.717) is 29.6 Å². The molecule has 1 fully saturated rings. The van der Waals surface area contributed by atoms with Crippen LogP contribution in [-0.2, 0) is 11.2 Å². The van der Waals surface area contributed by atoms with Crippen LogP contribution in [0.2, 0.25) is 0 Å². The molecule has 0 bridgehead atoms. The third kappa shape index (κ3) is 4.84. The summed E-state index contributed by atoms with van der Waals surface area (Å²) in [5, 5.41) is 7.31. The van der Waals surface area contributed by atoms with Gasteiger partial charge in [-0.1, -0.05) is 19.9 Å². The van der Waals surface area contributed by atoms with Crippen molar-refractivity contribution in [2.45, 2.75) is 71.4 Å². The van der Waals surface area contributed by atoms with Crippen molar-refractivity contribution in [3.8, 4) is 11.1 Å². The Morgan fingerprint density at radius 2 is 1.73 bits per heavy atom. The number of hydrogen-bond acceptors (Lipinski definition) is 4. The predicted octanol–water partition coefficient (Wildman–Crippen LogP) is 5.02. The van der Waals surface area contributed by atoms with Crippen molar-refractivity contribution in [2.24, 2.45) is 11.1 Å². The van der Waals surface area contributed by atoms with E-state index < -0.39 is 11.7 Å². The van der Waals surface area contributed by atoms with Crippen molar-refractivity contribution in [1.29, 1.82) is 0 Å². The molecule has 8 heteroatoms. The number of aromatic nitrogens is 1. The molecule has 1 aliphatic carbocycles. The van der Waals surface area contributed by atoms with Crippen LogP contribution in [-0.4, -0.2) is 34.4 Å². The molecular weight excluding hydrogens is 471 g/mol. The van der Waals surface area contributed by atoms with E-state index in [9.17, 15) is 18.8 Å². The summed E-state index contributed by atoms with van der Waals surface area (Å²) in [6.07, 6.45) is 4.44. The molecule has 1 saturated carbocycles. The highest BCUT2D eigenvalue weighted by Crippen LogP contribution is 2.43. The fourth-order valence-electron chi connectivity index (χ4n) is 6.02. The number of nitrogens with zero attached hydrogens (tertiary/aromatic N) is 1. The molecule has 37 heavy (non-hydrogen) atoms. The Balaban J connectivity index is 1.56. The lowest BCUT2D eigenvalue weighted by atomic mass is 9.80. The minimum atomic E-state index is -0.525. The maximum Gasteiger partial charge on any atom is 0.250 e. The first-order chi connectivity index (χ1) is 17.5. The third-order valence-corrected chi connectivity index (χ3v) is 7.62. The zero-order chi connectivity index (χ0) is 26.5. The molecule has 5 rings (SSSR count). The summed E-state index contributed by atoms with van der Waals surface area (Å²) >= 11 is 0. The van der Waals surface area contributed by atoms with Crippen LogP contribution in [0.15, 0.2) is 36.4 Å². The molecule has 3 aromatic rings. The molecule has 2 aliphatic rings. The van der Waals surface area contributed by atoms with E-state index in [1.54, 1.807) is 16.7 Å². The van der Waals surface area contributed by atoms with Gasteiger partial charge in [0.25, 0.3) is 5.91 Å². The van der Waals surface area contributed by atoms with Crippen molar-refractivity contribution in [3.05, 3.63) is 53.5 Å². The van der Waals surface area contributed by atoms with Crippen LogP contribution in [0.4, 0.5) is 10.1 Å². The van der Waals surface area contributed by atoms with Crippen LogP contribution < -0.4 is 16.4 Å². The number of halogens is 1.